The summed E-state index contributed by atoms with van der Waals surface area (Å²) in [6.07, 6.45) is 4.87. The van der Waals surface area contributed by atoms with Crippen LogP contribution in [0.5, 0.6) is 0 Å². The van der Waals surface area contributed by atoms with Gasteiger partial charge in [0.05, 0.1) is 27.8 Å². The van der Waals surface area contributed by atoms with E-state index in [-0.39, 0.29) is 10.6 Å². The summed E-state index contributed by atoms with van der Waals surface area (Å²) in [6.45, 7) is 7.76. The van der Waals surface area contributed by atoms with Crippen LogP contribution in [0.25, 0.3) is 5.65 Å². The normalized spacial score (nSPS) is 15.4. The Kier molecular flexibility index (Phi) is 8.53. The van der Waals surface area contributed by atoms with Gasteiger partial charge in [-0.3, -0.25) is 0 Å². The van der Waals surface area contributed by atoms with E-state index in [0.29, 0.717) is 35.7 Å². The van der Waals surface area contributed by atoms with Gasteiger partial charge in [-0.15, -0.1) is 0 Å². The first-order valence-electron chi connectivity index (χ1n) is 14.0. The number of nitrogens with one attached hydrogen (secondary N) is 2. The van der Waals surface area contributed by atoms with Crippen molar-refractivity contribution in [2.75, 3.05) is 42.3 Å². The van der Waals surface area contributed by atoms with Crippen LogP contribution in [-0.4, -0.2) is 78.2 Å². The molecule has 1 aliphatic rings. The van der Waals surface area contributed by atoms with E-state index in [1.165, 1.54) is 16.3 Å². The zero-order valence-corrected chi connectivity index (χ0v) is 25.9. The summed E-state index contributed by atoms with van der Waals surface area (Å²) in [5.41, 5.74) is 4.25. The summed E-state index contributed by atoms with van der Waals surface area (Å²) in [5.74, 6) is 1.30. The van der Waals surface area contributed by atoms with E-state index in [0.717, 1.165) is 37.2 Å². The summed E-state index contributed by atoms with van der Waals surface area (Å²) in [5, 5.41) is 10.2. The minimum atomic E-state index is -3.53. The Labute approximate surface area is 247 Å². The highest BCUT2D eigenvalue weighted by Crippen LogP contribution is 2.32. The standard InChI is InChI=1S/C29H37N7O4S2/c1-20(2)42(39,40)26-8-6-5-7-25(26)32-29-34-28(33-27-11-14-30-36(27)29)31-23-9-10-24(21(3)19-23)22-12-15-35(16-13-22)17-18-41(4,37)38/h5-11,14,19-20,22H,12-13,15-18H2,1-4H3,(H2,31,32,33,34). The topological polar surface area (TPSA) is 139 Å². The number of likely N-dealkylation sites (tertiary alicyclic amines) is 1. The first-order valence-corrected chi connectivity index (χ1v) is 17.6. The highest BCUT2D eigenvalue weighted by molar-refractivity contribution is 7.92. The second-order valence-corrected chi connectivity index (χ2v) is 15.9. The van der Waals surface area contributed by atoms with Crippen LogP contribution >= 0.6 is 0 Å². The van der Waals surface area contributed by atoms with Crippen LogP contribution in [0.1, 0.15) is 43.7 Å². The van der Waals surface area contributed by atoms with Crippen molar-refractivity contribution < 1.29 is 16.8 Å². The minimum absolute atomic E-state index is 0.195. The van der Waals surface area contributed by atoms with Gasteiger partial charge in [0, 0.05) is 24.6 Å². The van der Waals surface area contributed by atoms with E-state index in [4.69, 9.17) is 0 Å². The largest absolute Gasteiger partial charge is 0.324 e. The zero-order valence-electron chi connectivity index (χ0n) is 24.3. The van der Waals surface area contributed by atoms with E-state index in [1.54, 1.807) is 50.4 Å². The first kappa shape index (κ1) is 29.9. The van der Waals surface area contributed by atoms with Crippen LogP contribution in [-0.2, 0) is 19.7 Å². The average Bonchev–Trinajstić information content (AvgIpc) is 3.41. The number of benzene rings is 2. The maximum absolute atomic E-state index is 13.0. The lowest BCUT2D eigenvalue weighted by atomic mass is 9.86. The Morgan fingerprint density at radius 2 is 1.71 bits per heavy atom. The van der Waals surface area contributed by atoms with E-state index < -0.39 is 24.9 Å². The molecule has 224 valence electrons. The second-order valence-electron chi connectivity index (χ2n) is 11.1. The van der Waals surface area contributed by atoms with Crippen molar-refractivity contribution in [2.45, 2.75) is 49.7 Å². The summed E-state index contributed by atoms with van der Waals surface area (Å²) < 4.78 is 50.5. The number of hydrogen-bond donors (Lipinski definition) is 2. The third-order valence-electron chi connectivity index (χ3n) is 7.65. The number of hydrogen-bond acceptors (Lipinski definition) is 10. The zero-order chi connectivity index (χ0) is 30.1. The SMILES string of the molecule is Cc1cc(Nc2nc(Nc3ccccc3S(=O)(=O)C(C)C)n3nccc3n2)ccc1C1CCN(CCS(C)(=O)=O)CC1. The molecule has 1 aliphatic heterocycles. The summed E-state index contributed by atoms with van der Waals surface area (Å²) in [6, 6.07) is 14.7. The van der Waals surface area contributed by atoms with Gasteiger partial charge in [-0.05, 0) is 88.0 Å². The predicted molar refractivity (Wildman–Crippen MR) is 165 cm³/mol. The maximum Gasteiger partial charge on any atom is 0.233 e. The van der Waals surface area contributed by atoms with Crippen molar-refractivity contribution in [1.82, 2.24) is 24.5 Å². The lowest BCUT2D eigenvalue weighted by Crippen LogP contribution is -2.36. The number of aromatic nitrogens is 4. The number of aryl methyl sites for hydroxylation is 1. The Hall–Kier alpha value is -3.55. The molecule has 0 atom stereocenters. The van der Waals surface area contributed by atoms with Crippen molar-refractivity contribution in [1.29, 1.82) is 0 Å². The van der Waals surface area contributed by atoms with Gasteiger partial charge < -0.3 is 15.5 Å². The molecular formula is C29H37N7O4S2. The molecule has 1 saturated heterocycles. The molecule has 5 rings (SSSR count). The first-order chi connectivity index (χ1) is 19.9. The van der Waals surface area contributed by atoms with Crippen LogP contribution in [0.3, 0.4) is 0 Å². The third kappa shape index (κ3) is 6.74. The van der Waals surface area contributed by atoms with Crippen molar-refractivity contribution in [2.24, 2.45) is 0 Å². The highest BCUT2D eigenvalue weighted by atomic mass is 32.2. The quantitative estimate of drug-likeness (QED) is 0.266. The molecular weight excluding hydrogens is 574 g/mol. The Morgan fingerprint density at radius 1 is 0.976 bits per heavy atom. The van der Waals surface area contributed by atoms with Crippen LogP contribution in [0.15, 0.2) is 59.6 Å². The van der Waals surface area contributed by atoms with E-state index in [9.17, 15) is 16.8 Å². The molecule has 42 heavy (non-hydrogen) atoms. The molecule has 4 aromatic rings. The average molecular weight is 612 g/mol. The lowest BCUT2D eigenvalue weighted by Gasteiger charge is -2.32. The van der Waals surface area contributed by atoms with Gasteiger partial charge in [0.1, 0.15) is 9.84 Å². The molecule has 2 N–H and O–H groups in total. The van der Waals surface area contributed by atoms with Gasteiger partial charge in [0.25, 0.3) is 0 Å². The molecule has 0 saturated carbocycles. The van der Waals surface area contributed by atoms with Gasteiger partial charge in [-0.2, -0.15) is 19.6 Å². The molecule has 11 nitrogen and oxygen atoms in total. The van der Waals surface area contributed by atoms with Gasteiger partial charge in [-0.1, -0.05) is 18.2 Å². The van der Waals surface area contributed by atoms with Crippen LogP contribution in [0.4, 0.5) is 23.3 Å². The van der Waals surface area contributed by atoms with Gasteiger partial charge in [-0.25, -0.2) is 16.8 Å². The smallest absolute Gasteiger partial charge is 0.233 e. The highest BCUT2D eigenvalue weighted by Gasteiger charge is 2.24. The fourth-order valence-corrected chi connectivity index (χ4v) is 7.05. The van der Waals surface area contributed by atoms with Crippen molar-refractivity contribution in [3.8, 4) is 0 Å². The number of sulfone groups is 2. The fourth-order valence-electron chi connectivity index (χ4n) is 5.26. The molecule has 1 fully saturated rings. The van der Waals surface area contributed by atoms with E-state index in [2.05, 4.69) is 49.7 Å². The van der Waals surface area contributed by atoms with Gasteiger partial charge >= 0.3 is 0 Å². The molecule has 0 amide bonds. The molecule has 0 bridgehead atoms. The van der Waals surface area contributed by atoms with Crippen LogP contribution < -0.4 is 10.6 Å². The van der Waals surface area contributed by atoms with Crippen molar-refractivity contribution in [3.63, 3.8) is 0 Å². The maximum atomic E-state index is 13.0. The molecule has 13 heteroatoms. The second kappa shape index (κ2) is 12.0. The molecule has 2 aromatic heterocycles. The number of fused-ring (bicyclic) bond motifs is 1. The Balaban J connectivity index is 1.34. The predicted octanol–water partition coefficient (Wildman–Crippen LogP) is 4.33. The van der Waals surface area contributed by atoms with Crippen LogP contribution in [0, 0.1) is 6.92 Å². The Morgan fingerprint density at radius 3 is 2.40 bits per heavy atom. The lowest BCUT2D eigenvalue weighted by molar-refractivity contribution is 0.223. The monoisotopic (exact) mass is 611 g/mol. The van der Waals surface area contributed by atoms with Gasteiger partial charge in [0.2, 0.25) is 11.9 Å². The van der Waals surface area contributed by atoms with Crippen LogP contribution in [0.2, 0.25) is 0 Å². The Bertz CT molecular complexity index is 1800. The molecule has 0 unspecified atom stereocenters. The third-order valence-corrected chi connectivity index (χ3v) is 10.8. The summed E-state index contributed by atoms with van der Waals surface area (Å²) >= 11 is 0. The number of rotatable bonds is 10. The summed E-state index contributed by atoms with van der Waals surface area (Å²) in [7, 11) is -6.49. The molecule has 3 heterocycles. The number of para-hydroxylation sites is 1. The number of piperidine rings is 1. The molecule has 2 aromatic carbocycles. The van der Waals surface area contributed by atoms with Crippen molar-refractivity contribution >= 4 is 48.6 Å². The molecule has 0 spiro atoms. The van der Waals surface area contributed by atoms with Crippen molar-refractivity contribution in [3.05, 3.63) is 65.9 Å². The van der Waals surface area contributed by atoms with E-state index >= 15 is 0 Å². The number of nitrogens with zero attached hydrogens (tertiary/aromatic N) is 5. The number of anilines is 4. The van der Waals surface area contributed by atoms with E-state index in [1.807, 2.05) is 6.07 Å². The fraction of sp³-hybridized carbons (Fsp3) is 0.414. The molecule has 0 radical (unpaired) electrons. The molecule has 0 aliphatic carbocycles. The minimum Gasteiger partial charge on any atom is -0.324 e. The summed E-state index contributed by atoms with van der Waals surface area (Å²) in [4.78, 5) is 11.7. The van der Waals surface area contributed by atoms with Gasteiger partial charge in [0.15, 0.2) is 15.5 Å².